The predicted octanol–water partition coefficient (Wildman–Crippen LogP) is 0.534. The number of thioether (sulfide) groups is 1. The third kappa shape index (κ3) is 17.1. The van der Waals surface area contributed by atoms with E-state index in [-0.39, 0.29) is 35.7 Å². The third-order valence-electron chi connectivity index (χ3n) is 3.76. The summed E-state index contributed by atoms with van der Waals surface area (Å²) >= 11 is 1.26. The number of hydrogen-bond acceptors (Lipinski definition) is 4. The van der Waals surface area contributed by atoms with Gasteiger partial charge in [-0.05, 0) is 13.3 Å². The number of unbranched alkanes of at least 4 members (excludes halogenated alkanes) is 9. The van der Waals surface area contributed by atoms with Crippen molar-refractivity contribution in [3.8, 4) is 0 Å². The van der Waals surface area contributed by atoms with E-state index in [1.165, 1.54) is 69.5 Å². The summed E-state index contributed by atoms with van der Waals surface area (Å²) in [5.41, 5.74) is 0. The summed E-state index contributed by atoms with van der Waals surface area (Å²) in [5, 5.41) is 19.8. The van der Waals surface area contributed by atoms with Gasteiger partial charge in [-0.1, -0.05) is 71.1 Å². The predicted molar refractivity (Wildman–Crippen MR) is 89.4 cm³/mol. The molecule has 2 atom stereocenters. The standard InChI is InChI=1S/C17H34O3S.Na/c1-3-4-5-6-7-8-9-10-11-12-13-16(18)14-21-15(2)17(19)20;/h15-16,18H,3-14H2,1-2H3,(H,19,20);/q;+1/p-1. The SMILES string of the molecule is CCCCCCCCCCCCC(O)CSC(C)C(=O)[O-].[Na+]. The quantitative estimate of drug-likeness (QED) is 0.349. The van der Waals surface area contributed by atoms with Gasteiger partial charge in [0, 0.05) is 11.0 Å². The van der Waals surface area contributed by atoms with Crippen LogP contribution in [-0.4, -0.2) is 28.2 Å². The topological polar surface area (TPSA) is 60.4 Å². The molecular formula is C17H33NaO3S. The first-order valence-corrected chi connectivity index (χ1v) is 9.63. The first-order chi connectivity index (χ1) is 10.1. The monoisotopic (exact) mass is 340 g/mol. The molecule has 126 valence electrons. The van der Waals surface area contributed by atoms with Gasteiger partial charge >= 0.3 is 29.6 Å². The number of carboxylic acids is 1. The maximum Gasteiger partial charge on any atom is 1.00 e. The van der Waals surface area contributed by atoms with Gasteiger partial charge in [0.1, 0.15) is 0 Å². The number of aliphatic hydroxyl groups is 1. The van der Waals surface area contributed by atoms with Crippen LogP contribution in [0.15, 0.2) is 0 Å². The summed E-state index contributed by atoms with van der Waals surface area (Å²) in [6.07, 6.45) is 13.3. The van der Waals surface area contributed by atoms with Gasteiger partial charge in [-0.2, -0.15) is 11.8 Å². The van der Waals surface area contributed by atoms with Gasteiger partial charge in [0.2, 0.25) is 0 Å². The van der Waals surface area contributed by atoms with Crippen molar-refractivity contribution in [3.63, 3.8) is 0 Å². The molecule has 0 aromatic heterocycles. The molecule has 0 aromatic rings. The molecule has 0 saturated heterocycles. The Labute approximate surface area is 163 Å². The van der Waals surface area contributed by atoms with Crippen LogP contribution in [0.25, 0.3) is 0 Å². The van der Waals surface area contributed by atoms with E-state index in [4.69, 9.17) is 0 Å². The molecule has 22 heavy (non-hydrogen) atoms. The minimum absolute atomic E-state index is 0. The number of carbonyl (C=O) groups excluding carboxylic acids is 1. The number of carbonyl (C=O) groups is 1. The first kappa shape index (κ1) is 25.0. The minimum Gasteiger partial charge on any atom is -0.549 e. The van der Waals surface area contributed by atoms with E-state index in [1.54, 1.807) is 6.92 Å². The second-order valence-electron chi connectivity index (χ2n) is 5.92. The van der Waals surface area contributed by atoms with Gasteiger partial charge < -0.3 is 15.0 Å². The molecular weight excluding hydrogens is 307 g/mol. The molecule has 0 rings (SSSR count). The van der Waals surface area contributed by atoms with Crippen molar-refractivity contribution in [2.24, 2.45) is 0 Å². The van der Waals surface area contributed by atoms with Crippen molar-refractivity contribution in [1.82, 2.24) is 0 Å². The smallest absolute Gasteiger partial charge is 0.549 e. The number of aliphatic carboxylic acids is 1. The summed E-state index contributed by atoms with van der Waals surface area (Å²) in [7, 11) is 0. The van der Waals surface area contributed by atoms with E-state index in [9.17, 15) is 15.0 Å². The summed E-state index contributed by atoms with van der Waals surface area (Å²) in [5.74, 6) is -0.557. The summed E-state index contributed by atoms with van der Waals surface area (Å²) in [6, 6.07) is 0. The van der Waals surface area contributed by atoms with Gasteiger partial charge in [0.05, 0.1) is 12.1 Å². The molecule has 1 N–H and O–H groups in total. The Balaban J connectivity index is 0. The van der Waals surface area contributed by atoms with Gasteiger partial charge in [-0.15, -0.1) is 0 Å². The van der Waals surface area contributed by atoms with Crippen molar-refractivity contribution < 1.29 is 44.6 Å². The molecule has 5 heteroatoms. The van der Waals surface area contributed by atoms with E-state index >= 15 is 0 Å². The minimum atomic E-state index is -1.05. The fourth-order valence-electron chi connectivity index (χ4n) is 2.27. The second kappa shape index (κ2) is 18.1. The Morgan fingerprint density at radius 3 is 1.91 bits per heavy atom. The molecule has 0 aromatic carbocycles. The van der Waals surface area contributed by atoms with E-state index < -0.39 is 11.2 Å². The van der Waals surface area contributed by atoms with Crippen LogP contribution < -0.4 is 34.7 Å². The average Bonchev–Trinajstić information content (AvgIpc) is 2.46. The Morgan fingerprint density at radius 2 is 1.45 bits per heavy atom. The van der Waals surface area contributed by atoms with Crippen LogP contribution >= 0.6 is 11.8 Å². The molecule has 0 aliphatic carbocycles. The molecule has 0 saturated carbocycles. The molecule has 0 radical (unpaired) electrons. The largest absolute Gasteiger partial charge is 1.00 e. The van der Waals surface area contributed by atoms with E-state index in [2.05, 4.69) is 6.92 Å². The van der Waals surface area contributed by atoms with Gasteiger partial charge in [-0.3, -0.25) is 0 Å². The molecule has 0 heterocycles. The van der Waals surface area contributed by atoms with E-state index in [1.807, 2.05) is 0 Å². The van der Waals surface area contributed by atoms with Gasteiger partial charge in [0.15, 0.2) is 0 Å². The Kier molecular flexibility index (Phi) is 20.6. The van der Waals surface area contributed by atoms with E-state index in [0.717, 1.165) is 12.8 Å². The van der Waals surface area contributed by atoms with Crippen molar-refractivity contribution in [2.75, 3.05) is 5.75 Å². The molecule has 2 unspecified atom stereocenters. The molecule has 0 amide bonds. The number of aliphatic hydroxyl groups excluding tert-OH is 1. The molecule has 0 spiro atoms. The zero-order valence-electron chi connectivity index (χ0n) is 14.8. The molecule has 0 aliphatic rings. The third-order valence-corrected chi connectivity index (χ3v) is 5.03. The van der Waals surface area contributed by atoms with Gasteiger partial charge in [0.25, 0.3) is 0 Å². The normalized spacial score (nSPS) is 13.4. The fraction of sp³-hybridized carbons (Fsp3) is 0.941. The van der Waals surface area contributed by atoms with Crippen molar-refractivity contribution in [2.45, 2.75) is 95.8 Å². The zero-order chi connectivity index (χ0) is 15.9. The number of carboxylic acid groups (broad SMARTS) is 1. The van der Waals surface area contributed by atoms with Crippen LogP contribution in [0, 0.1) is 0 Å². The molecule has 3 nitrogen and oxygen atoms in total. The Morgan fingerprint density at radius 1 is 1.00 bits per heavy atom. The van der Waals surface area contributed by atoms with Crippen LogP contribution in [-0.2, 0) is 4.79 Å². The van der Waals surface area contributed by atoms with Crippen LogP contribution in [0.3, 0.4) is 0 Å². The molecule has 0 aliphatic heterocycles. The van der Waals surface area contributed by atoms with Crippen LogP contribution in [0.1, 0.15) is 84.5 Å². The van der Waals surface area contributed by atoms with Gasteiger partial charge in [-0.25, -0.2) is 0 Å². The second-order valence-corrected chi connectivity index (χ2v) is 7.29. The van der Waals surface area contributed by atoms with E-state index in [0.29, 0.717) is 5.75 Å². The maximum atomic E-state index is 10.5. The van der Waals surface area contributed by atoms with Crippen molar-refractivity contribution in [1.29, 1.82) is 0 Å². The first-order valence-electron chi connectivity index (χ1n) is 8.58. The maximum absolute atomic E-state index is 10.5. The summed E-state index contributed by atoms with van der Waals surface area (Å²) < 4.78 is 0. The molecule has 0 fully saturated rings. The Hall–Kier alpha value is 0.780. The molecule has 0 bridgehead atoms. The average molecular weight is 341 g/mol. The van der Waals surface area contributed by atoms with Crippen molar-refractivity contribution >= 4 is 17.7 Å². The number of hydrogen-bond donors (Lipinski definition) is 1. The number of rotatable bonds is 15. The summed E-state index contributed by atoms with van der Waals surface area (Å²) in [4.78, 5) is 10.5. The Bertz CT molecular complexity index is 252. The van der Waals surface area contributed by atoms with Crippen LogP contribution in [0.2, 0.25) is 0 Å². The summed E-state index contributed by atoms with van der Waals surface area (Å²) in [6.45, 7) is 3.85. The zero-order valence-corrected chi connectivity index (χ0v) is 17.6. The fourth-order valence-corrected chi connectivity index (χ4v) is 3.09. The van der Waals surface area contributed by atoms with Crippen LogP contribution in [0.4, 0.5) is 0 Å². The van der Waals surface area contributed by atoms with Crippen LogP contribution in [0.5, 0.6) is 0 Å². The van der Waals surface area contributed by atoms with Crippen molar-refractivity contribution in [3.05, 3.63) is 0 Å².